The lowest BCUT2D eigenvalue weighted by Crippen LogP contribution is -2.23. The van der Waals surface area contributed by atoms with E-state index >= 15 is 0 Å². The molecule has 3 rings (SSSR count). The highest BCUT2D eigenvalue weighted by Crippen LogP contribution is 2.28. The molecule has 0 bridgehead atoms. The fourth-order valence-electron chi connectivity index (χ4n) is 2.16. The molecule has 0 atom stereocenters. The zero-order valence-electron chi connectivity index (χ0n) is 13.2. The van der Waals surface area contributed by atoms with Crippen LogP contribution in [-0.4, -0.2) is 38.3 Å². The van der Waals surface area contributed by atoms with Gasteiger partial charge in [-0.05, 0) is 39.7 Å². The Morgan fingerprint density at radius 2 is 1.96 bits per heavy atom. The van der Waals surface area contributed by atoms with Gasteiger partial charge in [-0.15, -0.1) is 10.2 Å². The summed E-state index contributed by atoms with van der Waals surface area (Å²) >= 11 is 3.33. The van der Waals surface area contributed by atoms with Gasteiger partial charge in [-0.1, -0.05) is 12.1 Å². The number of carbonyl (C=O) groups is 1. The van der Waals surface area contributed by atoms with Gasteiger partial charge in [0.15, 0.2) is 0 Å². The summed E-state index contributed by atoms with van der Waals surface area (Å²) in [4.78, 5) is 16.1. The number of anilines is 1. The first-order valence-corrected chi connectivity index (χ1v) is 8.01. The largest absolute Gasteiger partial charge is 0.465 e. The average Bonchev–Trinajstić information content (AvgIpc) is 3.07. The van der Waals surface area contributed by atoms with E-state index in [0.717, 1.165) is 15.6 Å². The number of nitrogens with two attached hydrogens (primary N) is 1. The third-order valence-electron chi connectivity index (χ3n) is 3.49. The van der Waals surface area contributed by atoms with E-state index in [1.54, 1.807) is 24.4 Å². The van der Waals surface area contributed by atoms with Gasteiger partial charge < -0.3 is 20.2 Å². The Morgan fingerprint density at radius 3 is 2.64 bits per heavy atom. The number of rotatable bonds is 4. The Morgan fingerprint density at radius 1 is 1.28 bits per heavy atom. The fourth-order valence-corrected chi connectivity index (χ4v) is 2.50. The predicted octanol–water partition coefficient (Wildman–Crippen LogP) is 3.25. The molecule has 0 aliphatic rings. The van der Waals surface area contributed by atoms with Crippen LogP contribution in [0.1, 0.15) is 5.56 Å². The standard InChI is InChI=1S/C16H14BrN5O3/c1-22(16(23)24)8-9-2-4-10(5-3-9)14-20-21-15(25-14)12-6-11(17)7-19-13(12)18/h2-7H,8H2,1H3,(H2,18,19)(H,23,24). The summed E-state index contributed by atoms with van der Waals surface area (Å²) in [6.45, 7) is 0.297. The Bertz CT molecular complexity index is 910. The number of aromatic nitrogens is 3. The van der Waals surface area contributed by atoms with E-state index in [9.17, 15) is 4.79 Å². The van der Waals surface area contributed by atoms with Gasteiger partial charge in [-0.25, -0.2) is 9.78 Å². The first kappa shape index (κ1) is 16.9. The van der Waals surface area contributed by atoms with Crippen LogP contribution in [-0.2, 0) is 6.54 Å². The lowest BCUT2D eigenvalue weighted by molar-refractivity contribution is 0.154. The second kappa shape index (κ2) is 6.89. The smallest absolute Gasteiger partial charge is 0.407 e. The van der Waals surface area contributed by atoms with Gasteiger partial charge in [-0.2, -0.15) is 0 Å². The number of hydrogen-bond donors (Lipinski definition) is 2. The van der Waals surface area contributed by atoms with E-state index in [1.807, 2.05) is 12.1 Å². The summed E-state index contributed by atoms with van der Waals surface area (Å²) in [5.41, 5.74) is 7.98. The molecular weight excluding hydrogens is 390 g/mol. The van der Waals surface area contributed by atoms with Crippen LogP contribution >= 0.6 is 15.9 Å². The van der Waals surface area contributed by atoms with Gasteiger partial charge in [0, 0.05) is 29.8 Å². The molecule has 3 aromatic rings. The maximum absolute atomic E-state index is 10.9. The van der Waals surface area contributed by atoms with Crippen molar-refractivity contribution >= 4 is 27.8 Å². The third-order valence-corrected chi connectivity index (χ3v) is 3.92. The molecule has 0 unspecified atom stereocenters. The van der Waals surface area contributed by atoms with Crippen LogP contribution in [0.3, 0.4) is 0 Å². The van der Waals surface area contributed by atoms with Crippen molar-refractivity contribution in [1.29, 1.82) is 0 Å². The minimum absolute atomic E-state index is 0.274. The maximum atomic E-state index is 10.9. The van der Waals surface area contributed by atoms with E-state index in [-0.39, 0.29) is 5.89 Å². The van der Waals surface area contributed by atoms with Crippen molar-refractivity contribution in [3.63, 3.8) is 0 Å². The molecule has 3 N–H and O–H groups in total. The third kappa shape index (κ3) is 3.77. The van der Waals surface area contributed by atoms with Crippen LogP contribution in [0, 0.1) is 0 Å². The van der Waals surface area contributed by atoms with E-state index in [1.165, 1.54) is 11.9 Å². The van der Waals surface area contributed by atoms with E-state index in [2.05, 4.69) is 31.1 Å². The molecule has 0 aliphatic carbocycles. The minimum atomic E-state index is -0.981. The zero-order chi connectivity index (χ0) is 18.0. The molecule has 0 radical (unpaired) electrons. The van der Waals surface area contributed by atoms with Gasteiger partial charge in [0.05, 0.1) is 5.56 Å². The zero-order valence-corrected chi connectivity index (χ0v) is 14.8. The van der Waals surface area contributed by atoms with Gasteiger partial charge in [0.1, 0.15) is 5.82 Å². The molecule has 9 heteroatoms. The van der Waals surface area contributed by atoms with Crippen molar-refractivity contribution < 1.29 is 14.3 Å². The summed E-state index contributed by atoms with van der Waals surface area (Å²) in [6, 6.07) is 8.97. The molecule has 128 valence electrons. The lowest BCUT2D eigenvalue weighted by atomic mass is 10.1. The lowest BCUT2D eigenvalue weighted by Gasteiger charge is -2.12. The van der Waals surface area contributed by atoms with Crippen molar-refractivity contribution in [3.05, 3.63) is 46.6 Å². The number of halogens is 1. The van der Waals surface area contributed by atoms with E-state index in [4.69, 9.17) is 15.3 Å². The number of nitrogen functional groups attached to an aromatic ring is 1. The van der Waals surface area contributed by atoms with Crippen molar-refractivity contribution in [2.24, 2.45) is 0 Å². The monoisotopic (exact) mass is 403 g/mol. The predicted molar refractivity (Wildman–Crippen MR) is 94.6 cm³/mol. The van der Waals surface area contributed by atoms with E-state index in [0.29, 0.717) is 23.8 Å². The summed E-state index contributed by atoms with van der Waals surface area (Å²) in [6.07, 6.45) is 0.606. The molecule has 0 saturated heterocycles. The van der Waals surface area contributed by atoms with Crippen molar-refractivity contribution in [2.75, 3.05) is 12.8 Å². The van der Waals surface area contributed by atoms with Crippen LogP contribution < -0.4 is 5.73 Å². The topological polar surface area (TPSA) is 118 Å². The second-order valence-electron chi connectivity index (χ2n) is 5.33. The number of hydrogen-bond acceptors (Lipinski definition) is 6. The van der Waals surface area contributed by atoms with Gasteiger partial charge in [0.25, 0.3) is 5.89 Å². The quantitative estimate of drug-likeness (QED) is 0.685. The summed E-state index contributed by atoms with van der Waals surface area (Å²) in [5, 5.41) is 17.0. The average molecular weight is 404 g/mol. The Kier molecular flexibility index (Phi) is 4.66. The Hall–Kier alpha value is -2.94. The summed E-state index contributed by atoms with van der Waals surface area (Å²) < 4.78 is 6.44. The van der Waals surface area contributed by atoms with Gasteiger partial charge >= 0.3 is 6.09 Å². The molecule has 25 heavy (non-hydrogen) atoms. The molecule has 2 heterocycles. The summed E-state index contributed by atoms with van der Waals surface area (Å²) in [5.74, 6) is 0.911. The highest BCUT2D eigenvalue weighted by atomic mass is 79.9. The molecule has 0 spiro atoms. The van der Waals surface area contributed by atoms with Crippen LogP contribution in [0.5, 0.6) is 0 Å². The molecular formula is C16H14BrN5O3. The Balaban J connectivity index is 1.83. The van der Waals surface area contributed by atoms with Crippen molar-refractivity contribution in [2.45, 2.75) is 6.54 Å². The normalized spacial score (nSPS) is 10.6. The molecule has 2 aromatic heterocycles. The van der Waals surface area contributed by atoms with Crippen LogP contribution in [0.4, 0.5) is 10.6 Å². The van der Waals surface area contributed by atoms with E-state index < -0.39 is 6.09 Å². The highest BCUT2D eigenvalue weighted by Gasteiger charge is 2.14. The van der Waals surface area contributed by atoms with Crippen LogP contribution in [0.2, 0.25) is 0 Å². The highest BCUT2D eigenvalue weighted by molar-refractivity contribution is 9.10. The summed E-state index contributed by atoms with van der Waals surface area (Å²) in [7, 11) is 1.51. The second-order valence-corrected chi connectivity index (χ2v) is 6.25. The first-order chi connectivity index (χ1) is 11.9. The molecule has 0 aliphatic heterocycles. The SMILES string of the molecule is CN(Cc1ccc(-c2nnc(-c3cc(Br)cnc3N)o2)cc1)C(=O)O. The number of amides is 1. The molecule has 1 aromatic carbocycles. The van der Waals surface area contributed by atoms with Crippen molar-refractivity contribution in [3.8, 4) is 22.9 Å². The number of pyridine rings is 1. The fraction of sp³-hybridized carbons (Fsp3) is 0.125. The van der Waals surface area contributed by atoms with Gasteiger partial charge in [0.2, 0.25) is 5.89 Å². The van der Waals surface area contributed by atoms with Crippen molar-refractivity contribution in [1.82, 2.24) is 20.1 Å². The van der Waals surface area contributed by atoms with Crippen LogP contribution in [0.25, 0.3) is 22.9 Å². The molecule has 0 fully saturated rings. The Labute approximate surface area is 151 Å². The minimum Gasteiger partial charge on any atom is -0.465 e. The maximum Gasteiger partial charge on any atom is 0.407 e. The number of benzene rings is 1. The van der Waals surface area contributed by atoms with Crippen LogP contribution in [0.15, 0.2) is 45.4 Å². The number of carboxylic acid groups (broad SMARTS) is 1. The molecule has 8 nitrogen and oxygen atoms in total. The van der Waals surface area contributed by atoms with Gasteiger partial charge in [-0.3, -0.25) is 0 Å². The first-order valence-electron chi connectivity index (χ1n) is 7.22. The molecule has 0 saturated carbocycles. The number of nitrogens with zero attached hydrogens (tertiary/aromatic N) is 4. The molecule has 1 amide bonds.